The zero-order valence-electron chi connectivity index (χ0n) is 9.56. The first-order valence-electron chi connectivity index (χ1n) is 5.73. The molecule has 1 saturated carbocycles. The monoisotopic (exact) mass is 222 g/mol. The lowest BCUT2D eigenvalue weighted by atomic mass is 9.91. The number of hydrogen-bond acceptors (Lipinski definition) is 3. The van der Waals surface area contributed by atoms with Gasteiger partial charge in [0, 0.05) is 18.3 Å². The highest BCUT2D eigenvalue weighted by Crippen LogP contribution is 2.29. The third-order valence-corrected chi connectivity index (χ3v) is 3.31. The number of hydrogen-bond donors (Lipinski definition) is 1. The third kappa shape index (κ3) is 2.11. The molecular weight excluding hydrogens is 204 g/mol. The zero-order chi connectivity index (χ0) is 11.5. The SMILES string of the molecule is COC(=O)c1cccn1C1CCC(N)CC1. The fourth-order valence-electron chi connectivity index (χ4n) is 2.37. The van der Waals surface area contributed by atoms with E-state index >= 15 is 0 Å². The van der Waals surface area contributed by atoms with Gasteiger partial charge in [0.15, 0.2) is 0 Å². The average Bonchev–Trinajstić information content (AvgIpc) is 2.78. The largest absolute Gasteiger partial charge is 0.464 e. The van der Waals surface area contributed by atoms with E-state index in [1.54, 1.807) is 6.07 Å². The first-order chi connectivity index (χ1) is 7.72. The van der Waals surface area contributed by atoms with E-state index in [4.69, 9.17) is 10.5 Å². The normalized spacial score (nSPS) is 25.4. The zero-order valence-corrected chi connectivity index (χ0v) is 9.56. The number of esters is 1. The Morgan fingerprint density at radius 1 is 1.44 bits per heavy atom. The van der Waals surface area contributed by atoms with Gasteiger partial charge in [-0.05, 0) is 37.8 Å². The number of nitrogens with two attached hydrogens (primary N) is 1. The molecule has 88 valence electrons. The van der Waals surface area contributed by atoms with Gasteiger partial charge in [-0.1, -0.05) is 0 Å². The molecule has 0 radical (unpaired) electrons. The third-order valence-electron chi connectivity index (χ3n) is 3.31. The van der Waals surface area contributed by atoms with E-state index in [-0.39, 0.29) is 5.97 Å². The van der Waals surface area contributed by atoms with E-state index in [0.29, 0.717) is 17.8 Å². The van der Waals surface area contributed by atoms with Crippen LogP contribution in [0.4, 0.5) is 0 Å². The van der Waals surface area contributed by atoms with Crippen LogP contribution in [0, 0.1) is 0 Å². The summed E-state index contributed by atoms with van der Waals surface area (Å²) in [6.45, 7) is 0. The number of rotatable bonds is 2. The minimum absolute atomic E-state index is 0.264. The van der Waals surface area contributed by atoms with Gasteiger partial charge >= 0.3 is 5.97 Å². The number of ether oxygens (including phenoxy) is 1. The van der Waals surface area contributed by atoms with Crippen molar-refractivity contribution in [3.05, 3.63) is 24.0 Å². The van der Waals surface area contributed by atoms with E-state index < -0.39 is 0 Å². The number of methoxy groups -OCH3 is 1. The minimum Gasteiger partial charge on any atom is -0.464 e. The van der Waals surface area contributed by atoms with Crippen molar-refractivity contribution in [2.75, 3.05) is 7.11 Å². The summed E-state index contributed by atoms with van der Waals surface area (Å²) in [5.41, 5.74) is 6.52. The molecule has 2 rings (SSSR count). The summed E-state index contributed by atoms with van der Waals surface area (Å²) < 4.78 is 6.79. The Kier molecular flexibility index (Phi) is 3.29. The van der Waals surface area contributed by atoms with Gasteiger partial charge in [-0.2, -0.15) is 0 Å². The summed E-state index contributed by atoms with van der Waals surface area (Å²) >= 11 is 0. The maximum Gasteiger partial charge on any atom is 0.354 e. The number of carbonyl (C=O) groups is 1. The lowest BCUT2D eigenvalue weighted by molar-refractivity contribution is 0.0584. The average molecular weight is 222 g/mol. The molecule has 1 aromatic rings. The molecule has 0 aliphatic heterocycles. The summed E-state index contributed by atoms with van der Waals surface area (Å²) in [7, 11) is 1.41. The molecule has 0 spiro atoms. The molecule has 0 saturated heterocycles. The number of nitrogens with zero attached hydrogens (tertiary/aromatic N) is 1. The second-order valence-electron chi connectivity index (χ2n) is 4.36. The van der Waals surface area contributed by atoms with Crippen LogP contribution in [0.2, 0.25) is 0 Å². The Morgan fingerprint density at radius 3 is 2.75 bits per heavy atom. The van der Waals surface area contributed by atoms with Crippen LogP contribution in [0.15, 0.2) is 18.3 Å². The van der Waals surface area contributed by atoms with Gasteiger partial charge in [-0.3, -0.25) is 0 Å². The maximum absolute atomic E-state index is 11.5. The fourth-order valence-corrected chi connectivity index (χ4v) is 2.37. The smallest absolute Gasteiger partial charge is 0.354 e. The van der Waals surface area contributed by atoms with E-state index in [9.17, 15) is 4.79 Å². The highest BCUT2D eigenvalue weighted by Gasteiger charge is 2.23. The quantitative estimate of drug-likeness (QED) is 0.775. The van der Waals surface area contributed by atoms with Crippen molar-refractivity contribution in [2.45, 2.75) is 37.8 Å². The van der Waals surface area contributed by atoms with E-state index in [2.05, 4.69) is 0 Å². The highest BCUT2D eigenvalue weighted by molar-refractivity contribution is 5.87. The van der Waals surface area contributed by atoms with Crippen LogP contribution in [-0.4, -0.2) is 23.7 Å². The van der Waals surface area contributed by atoms with Crippen molar-refractivity contribution in [1.82, 2.24) is 4.57 Å². The summed E-state index contributed by atoms with van der Waals surface area (Å²) in [5, 5.41) is 0. The molecule has 0 atom stereocenters. The molecule has 0 aromatic carbocycles. The van der Waals surface area contributed by atoms with Crippen molar-refractivity contribution in [3.8, 4) is 0 Å². The van der Waals surface area contributed by atoms with Crippen LogP contribution < -0.4 is 5.73 Å². The Balaban J connectivity index is 2.14. The van der Waals surface area contributed by atoms with E-state index in [0.717, 1.165) is 25.7 Å². The Morgan fingerprint density at radius 2 is 2.12 bits per heavy atom. The predicted octanol–water partition coefficient (Wildman–Crippen LogP) is 1.72. The first kappa shape index (κ1) is 11.2. The first-order valence-corrected chi connectivity index (χ1v) is 5.73. The maximum atomic E-state index is 11.5. The van der Waals surface area contributed by atoms with Gasteiger partial charge in [0.05, 0.1) is 7.11 Å². The number of aromatic nitrogens is 1. The van der Waals surface area contributed by atoms with Crippen molar-refractivity contribution >= 4 is 5.97 Å². The number of carbonyl (C=O) groups excluding carboxylic acids is 1. The predicted molar refractivity (Wildman–Crippen MR) is 61.3 cm³/mol. The molecule has 1 aliphatic rings. The Labute approximate surface area is 95.4 Å². The van der Waals surface area contributed by atoms with Gasteiger partial charge in [0.2, 0.25) is 0 Å². The van der Waals surface area contributed by atoms with Crippen LogP contribution in [0.5, 0.6) is 0 Å². The Hall–Kier alpha value is -1.29. The molecule has 1 aromatic heterocycles. The van der Waals surface area contributed by atoms with Crippen LogP contribution >= 0.6 is 0 Å². The van der Waals surface area contributed by atoms with Crippen LogP contribution in [0.1, 0.15) is 42.2 Å². The van der Waals surface area contributed by atoms with Gasteiger partial charge < -0.3 is 15.0 Å². The van der Waals surface area contributed by atoms with Gasteiger partial charge in [0.1, 0.15) is 5.69 Å². The molecule has 0 amide bonds. The second kappa shape index (κ2) is 4.70. The molecule has 4 nitrogen and oxygen atoms in total. The Bertz CT molecular complexity index is 365. The van der Waals surface area contributed by atoms with E-state index in [1.807, 2.05) is 16.8 Å². The van der Waals surface area contributed by atoms with Gasteiger partial charge in [-0.25, -0.2) is 4.79 Å². The van der Waals surface area contributed by atoms with Gasteiger partial charge in [0.25, 0.3) is 0 Å². The van der Waals surface area contributed by atoms with Crippen molar-refractivity contribution < 1.29 is 9.53 Å². The molecule has 0 bridgehead atoms. The van der Waals surface area contributed by atoms with Crippen molar-refractivity contribution in [3.63, 3.8) is 0 Å². The molecule has 2 N–H and O–H groups in total. The van der Waals surface area contributed by atoms with Crippen molar-refractivity contribution in [2.24, 2.45) is 5.73 Å². The summed E-state index contributed by atoms with van der Waals surface area (Å²) in [6, 6.07) is 4.42. The summed E-state index contributed by atoms with van der Waals surface area (Å²) in [5.74, 6) is -0.264. The molecule has 4 heteroatoms. The van der Waals surface area contributed by atoms with Gasteiger partial charge in [-0.15, -0.1) is 0 Å². The fraction of sp³-hybridized carbons (Fsp3) is 0.583. The van der Waals surface area contributed by atoms with Crippen LogP contribution in [0.25, 0.3) is 0 Å². The van der Waals surface area contributed by atoms with Crippen LogP contribution in [-0.2, 0) is 4.74 Å². The molecule has 16 heavy (non-hydrogen) atoms. The second-order valence-corrected chi connectivity index (χ2v) is 4.36. The minimum atomic E-state index is -0.264. The molecule has 1 fully saturated rings. The lowest BCUT2D eigenvalue weighted by Crippen LogP contribution is -2.28. The molecule has 1 heterocycles. The van der Waals surface area contributed by atoms with E-state index in [1.165, 1.54) is 7.11 Å². The summed E-state index contributed by atoms with van der Waals surface area (Å²) in [4.78, 5) is 11.5. The standard InChI is InChI=1S/C12H18N2O2/c1-16-12(15)11-3-2-8-14(11)10-6-4-9(13)5-7-10/h2-3,8-10H,4-7,13H2,1H3. The molecule has 0 unspecified atom stereocenters. The molecular formula is C12H18N2O2. The highest BCUT2D eigenvalue weighted by atomic mass is 16.5. The summed E-state index contributed by atoms with van der Waals surface area (Å²) in [6.07, 6.45) is 6.10. The topological polar surface area (TPSA) is 57.2 Å². The van der Waals surface area contributed by atoms with Crippen molar-refractivity contribution in [1.29, 1.82) is 0 Å². The molecule has 1 aliphatic carbocycles. The van der Waals surface area contributed by atoms with Crippen LogP contribution in [0.3, 0.4) is 0 Å². The lowest BCUT2D eigenvalue weighted by Gasteiger charge is -2.28.